The lowest BCUT2D eigenvalue weighted by molar-refractivity contribution is -0.145. The number of hydrogen-bond donors (Lipinski definition) is 3. The minimum absolute atomic E-state index is 0.0582. The third-order valence-corrected chi connectivity index (χ3v) is 6.61. The van der Waals surface area contributed by atoms with Gasteiger partial charge in [-0.05, 0) is 62.1 Å². The van der Waals surface area contributed by atoms with Gasteiger partial charge in [0.25, 0.3) is 0 Å². The van der Waals surface area contributed by atoms with Gasteiger partial charge in [0.2, 0.25) is 5.91 Å². The summed E-state index contributed by atoms with van der Waals surface area (Å²) in [6, 6.07) is 12.4. The molecule has 1 fully saturated rings. The van der Waals surface area contributed by atoms with Crippen molar-refractivity contribution in [2.75, 3.05) is 25.0 Å². The van der Waals surface area contributed by atoms with Crippen LogP contribution in [0.1, 0.15) is 43.0 Å². The average molecular weight is 495 g/mol. The van der Waals surface area contributed by atoms with Crippen LogP contribution in [-0.2, 0) is 38.5 Å². The number of pyridine rings is 1. The van der Waals surface area contributed by atoms with Gasteiger partial charge in [0.1, 0.15) is 18.5 Å². The van der Waals surface area contributed by atoms with Gasteiger partial charge in [-0.2, -0.15) is 0 Å². The van der Waals surface area contributed by atoms with Crippen molar-refractivity contribution in [1.82, 2.24) is 15.6 Å². The zero-order chi connectivity index (χ0) is 25.3. The Morgan fingerprint density at radius 1 is 1.11 bits per heavy atom. The van der Waals surface area contributed by atoms with Crippen LogP contribution in [0.5, 0.6) is 0 Å². The monoisotopic (exact) mass is 494 g/mol. The summed E-state index contributed by atoms with van der Waals surface area (Å²) in [6.07, 6.45) is 3.84. The summed E-state index contributed by atoms with van der Waals surface area (Å²) in [4.78, 5) is 42.0. The van der Waals surface area contributed by atoms with Crippen LogP contribution in [0.15, 0.2) is 42.5 Å². The van der Waals surface area contributed by atoms with Crippen LogP contribution in [0.3, 0.4) is 0 Å². The Bertz CT molecular complexity index is 1060. The highest BCUT2D eigenvalue weighted by molar-refractivity contribution is 5.84. The number of nitrogens with one attached hydrogen (secondary N) is 3. The first-order valence-corrected chi connectivity index (χ1v) is 12.7. The first kappa shape index (κ1) is 25.5. The fraction of sp³-hybridized carbons (Fsp3) is 0.481. The molecule has 0 unspecified atom stereocenters. The second-order valence-corrected chi connectivity index (χ2v) is 9.33. The number of rotatable bonds is 10. The molecule has 1 saturated carbocycles. The first-order valence-electron chi connectivity index (χ1n) is 12.7. The molecule has 1 aliphatic carbocycles. The normalized spacial score (nSPS) is 19.0. The van der Waals surface area contributed by atoms with Crippen LogP contribution in [0.2, 0.25) is 0 Å². The SMILES string of the molecule is CCOC(=O)[C@H](CNC(=O)C1CC(Cc2ccc3c(n2)NCCC3)C1)NC(=O)OCc1ccccc1. The van der Waals surface area contributed by atoms with Crippen molar-refractivity contribution in [1.29, 1.82) is 0 Å². The molecule has 1 aromatic heterocycles. The van der Waals surface area contributed by atoms with Crippen molar-refractivity contribution in [2.45, 2.75) is 51.7 Å². The number of aryl methyl sites for hydroxylation is 1. The highest BCUT2D eigenvalue weighted by Crippen LogP contribution is 2.36. The van der Waals surface area contributed by atoms with Crippen LogP contribution in [0, 0.1) is 11.8 Å². The standard InChI is InChI=1S/C27H34N4O5/c1-2-35-26(33)23(31-27(34)36-17-18-7-4-3-5-8-18)16-29-25(32)21-13-19(14-21)15-22-11-10-20-9-6-12-28-24(20)30-22/h3-5,7-8,10-11,19,21,23H,2,6,9,12-17H2,1H3,(H,28,30)(H,29,32)(H,31,34)/t19?,21?,23-/m0/s1. The highest BCUT2D eigenvalue weighted by atomic mass is 16.6. The molecule has 2 amide bonds. The number of hydrogen-bond acceptors (Lipinski definition) is 7. The Hall–Kier alpha value is -3.62. The van der Waals surface area contributed by atoms with Crippen molar-refractivity contribution in [3.8, 4) is 0 Å². The van der Waals surface area contributed by atoms with E-state index in [1.54, 1.807) is 6.92 Å². The summed E-state index contributed by atoms with van der Waals surface area (Å²) in [5.74, 6) is 0.542. The number of nitrogens with zero attached hydrogens (tertiary/aromatic N) is 1. The number of carbonyl (C=O) groups is 3. The molecule has 4 rings (SSSR count). The molecule has 0 bridgehead atoms. The maximum atomic E-state index is 12.7. The maximum absolute atomic E-state index is 12.7. The van der Waals surface area contributed by atoms with Crippen LogP contribution >= 0.6 is 0 Å². The Balaban J connectivity index is 1.21. The lowest BCUT2D eigenvalue weighted by Crippen LogP contribution is -2.51. The van der Waals surface area contributed by atoms with Crippen LogP contribution < -0.4 is 16.0 Å². The van der Waals surface area contributed by atoms with E-state index in [2.05, 4.69) is 28.1 Å². The lowest BCUT2D eigenvalue weighted by Gasteiger charge is -2.34. The Labute approximate surface area is 211 Å². The molecule has 2 aromatic rings. The number of anilines is 1. The van der Waals surface area contributed by atoms with E-state index in [1.807, 2.05) is 30.3 Å². The summed E-state index contributed by atoms with van der Waals surface area (Å²) >= 11 is 0. The zero-order valence-electron chi connectivity index (χ0n) is 20.6. The minimum atomic E-state index is -1.03. The highest BCUT2D eigenvalue weighted by Gasteiger charge is 2.35. The van der Waals surface area contributed by atoms with Gasteiger partial charge in [0, 0.05) is 24.7 Å². The molecule has 1 atom stereocenters. The van der Waals surface area contributed by atoms with E-state index in [0.717, 1.165) is 55.7 Å². The van der Waals surface area contributed by atoms with Crippen molar-refractivity contribution in [2.24, 2.45) is 11.8 Å². The summed E-state index contributed by atoms with van der Waals surface area (Å²) in [6.45, 7) is 2.83. The second-order valence-electron chi connectivity index (χ2n) is 9.33. The zero-order valence-corrected chi connectivity index (χ0v) is 20.6. The van der Waals surface area contributed by atoms with E-state index in [9.17, 15) is 14.4 Å². The van der Waals surface area contributed by atoms with Gasteiger partial charge in [-0.15, -0.1) is 0 Å². The van der Waals surface area contributed by atoms with Gasteiger partial charge in [-0.25, -0.2) is 14.6 Å². The molecule has 2 aliphatic rings. The topological polar surface area (TPSA) is 119 Å². The molecule has 1 aliphatic heterocycles. The summed E-state index contributed by atoms with van der Waals surface area (Å²) < 4.78 is 10.2. The smallest absolute Gasteiger partial charge is 0.408 e. The summed E-state index contributed by atoms with van der Waals surface area (Å²) in [5, 5.41) is 8.66. The molecule has 9 nitrogen and oxygen atoms in total. The fourth-order valence-electron chi connectivity index (χ4n) is 4.58. The van der Waals surface area contributed by atoms with Gasteiger partial charge in [-0.3, -0.25) is 4.79 Å². The molecule has 0 saturated heterocycles. The number of fused-ring (bicyclic) bond motifs is 1. The van der Waals surface area contributed by atoms with Crippen LogP contribution in [0.4, 0.5) is 10.6 Å². The number of benzene rings is 1. The predicted octanol–water partition coefficient (Wildman–Crippen LogP) is 2.98. The molecule has 2 heterocycles. The number of aromatic nitrogens is 1. The average Bonchev–Trinajstić information content (AvgIpc) is 2.87. The Morgan fingerprint density at radius 2 is 1.92 bits per heavy atom. The van der Waals surface area contributed by atoms with Gasteiger partial charge in [0.05, 0.1) is 6.61 Å². The summed E-state index contributed by atoms with van der Waals surface area (Å²) in [5.41, 5.74) is 3.15. The molecule has 3 N–H and O–H groups in total. The van der Waals surface area contributed by atoms with E-state index >= 15 is 0 Å². The van der Waals surface area contributed by atoms with Gasteiger partial charge in [0.15, 0.2) is 0 Å². The third-order valence-electron chi connectivity index (χ3n) is 6.61. The van der Waals surface area contributed by atoms with Gasteiger partial charge in [-0.1, -0.05) is 36.4 Å². The third kappa shape index (κ3) is 6.96. The summed E-state index contributed by atoms with van der Waals surface area (Å²) in [7, 11) is 0. The number of ether oxygens (including phenoxy) is 2. The molecular weight excluding hydrogens is 460 g/mol. The number of alkyl carbamates (subject to hydrolysis) is 1. The van der Waals surface area contributed by atoms with Gasteiger partial charge >= 0.3 is 12.1 Å². The van der Waals surface area contributed by atoms with E-state index in [1.165, 1.54) is 5.56 Å². The van der Waals surface area contributed by atoms with Crippen molar-refractivity contribution in [3.63, 3.8) is 0 Å². The lowest BCUT2D eigenvalue weighted by atomic mass is 9.72. The molecule has 1 aromatic carbocycles. The second kappa shape index (κ2) is 12.4. The van der Waals surface area contributed by atoms with Crippen molar-refractivity contribution in [3.05, 3.63) is 59.3 Å². The number of esters is 1. The number of amides is 2. The maximum Gasteiger partial charge on any atom is 0.408 e. The van der Waals surface area contributed by atoms with E-state index in [0.29, 0.717) is 5.92 Å². The van der Waals surface area contributed by atoms with E-state index in [-0.39, 0.29) is 31.6 Å². The van der Waals surface area contributed by atoms with Crippen LogP contribution in [-0.4, -0.2) is 48.7 Å². The Morgan fingerprint density at radius 3 is 2.69 bits per heavy atom. The molecule has 0 radical (unpaired) electrons. The quantitative estimate of drug-likeness (QED) is 0.435. The Kier molecular flexibility index (Phi) is 8.76. The molecule has 192 valence electrons. The molecule has 36 heavy (non-hydrogen) atoms. The molecule has 0 spiro atoms. The number of carbonyl (C=O) groups excluding carboxylic acids is 3. The van der Waals surface area contributed by atoms with Gasteiger partial charge < -0.3 is 25.4 Å². The largest absolute Gasteiger partial charge is 0.464 e. The van der Waals surface area contributed by atoms with Crippen LogP contribution in [0.25, 0.3) is 0 Å². The molecular formula is C27H34N4O5. The fourth-order valence-corrected chi connectivity index (χ4v) is 4.58. The van der Waals surface area contributed by atoms with Crippen molar-refractivity contribution < 1.29 is 23.9 Å². The first-order chi connectivity index (χ1) is 17.5. The van der Waals surface area contributed by atoms with Crippen molar-refractivity contribution >= 4 is 23.8 Å². The van der Waals surface area contributed by atoms with E-state index in [4.69, 9.17) is 14.5 Å². The van der Waals surface area contributed by atoms with E-state index < -0.39 is 18.1 Å². The predicted molar refractivity (Wildman–Crippen MR) is 134 cm³/mol. The minimum Gasteiger partial charge on any atom is -0.464 e. The molecule has 9 heteroatoms.